The zero-order valence-corrected chi connectivity index (χ0v) is 21.4. The fourth-order valence-corrected chi connectivity index (χ4v) is 8.19. The molecule has 0 saturated carbocycles. The predicted octanol–water partition coefficient (Wildman–Crippen LogP) is 4.59. The van der Waals surface area contributed by atoms with Crippen LogP contribution in [0, 0.1) is 0 Å². The van der Waals surface area contributed by atoms with Crippen LogP contribution in [0.2, 0.25) is 0 Å². The van der Waals surface area contributed by atoms with Crippen LogP contribution in [0.15, 0.2) is 41.4 Å². The number of carbonyl (C=O) groups excluding carboxylic acids is 1. The lowest BCUT2D eigenvalue weighted by atomic mass is 10.1. The standard InChI is InChI=1S/C23H20F6N2O5S2/c1-35-17-4-3-12(5-18(17)36-2)6-20(32)30-21-31(16-10-38(33,34)11-19(16)37-21)15-8-13(22(24,25)26)7-14(9-15)23(27,28)29/h3-5,7-9,16,19H,6,10-11H2,1-2H3/t16-,19-/m0/s1. The maximum atomic E-state index is 13.5. The first kappa shape index (κ1) is 28.1. The number of anilines is 1. The number of aliphatic imine (C=N–C) groups is 1. The van der Waals surface area contributed by atoms with Crippen LogP contribution in [0.1, 0.15) is 16.7 Å². The summed E-state index contributed by atoms with van der Waals surface area (Å²) in [7, 11) is -0.788. The highest BCUT2D eigenvalue weighted by molar-refractivity contribution is 8.16. The van der Waals surface area contributed by atoms with Gasteiger partial charge in [-0.05, 0) is 35.9 Å². The number of hydrogen-bond donors (Lipinski definition) is 0. The van der Waals surface area contributed by atoms with Crippen LogP contribution < -0.4 is 14.4 Å². The van der Waals surface area contributed by atoms with Crippen molar-refractivity contribution in [3.8, 4) is 11.5 Å². The fraction of sp³-hybridized carbons (Fsp3) is 0.391. The van der Waals surface area contributed by atoms with E-state index in [0.717, 1.165) is 16.7 Å². The molecule has 38 heavy (non-hydrogen) atoms. The predicted molar refractivity (Wildman–Crippen MR) is 128 cm³/mol. The number of thioether (sulfide) groups is 1. The third-order valence-corrected chi connectivity index (χ3v) is 9.15. The van der Waals surface area contributed by atoms with E-state index in [1.807, 2.05) is 0 Å². The Bertz CT molecular complexity index is 1360. The van der Waals surface area contributed by atoms with E-state index in [-0.39, 0.29) is 23.4 Å². The van der Waals surface area contributed by atoms with Crippen molar-refractivity contribution in [1.29, 1.82) is 0 Å². The lowest BCUT2D eigenvalue weighted by molar-refractivity contribution is -0.143. The Balaban J connectivity index is 1.75. The van der Waals surface area contributed by atoms with Gasteiger partial charge in [0, 0.05) is 10.9 Å². The average Bonchev–Trinajstić information content (AvgIpc) is 3.27. The summed E-state index contributed by atoms with van der Waals surface area (Å²) in [5.41, 5.74) is -3.21. The maximum absolute atomic E-state index is 13.5. The molecular formula is C23H20F6N2O5S2. The molecule has 0 unspecified atom stereocenters. The topological polar surface area (TPSA) is 85.3 Å². The summed E-state index contributed by atoms with van der Waals surface area (Å²) in [6, 6.07) is 4.64. The highest BCUT2D eigenvalue weighted by Crippen LogP contribution is 2.44. The molecule has 2 aliphatic heterocycles. The van der Waals surface area contributed by atoms with Crippen molar-refractivity contribution in [2.75, 3.05) is 30.6 Å². The number of nitrogens with zero attached hydrogens (tertiary/aromatic N) is 2. The molecule has 2 aliphatic rings. The molecule has 206 valence electrons. The van der Waals surface area contributed by atoms with Crippen molar-refractivity contribution in [3.63, 3.8) is 0 Å². The Labute approximate surface area is 217 Å². The molecule has 2 aromatic carbocycles. The van der Waals surface area contributed by atoms with E-state index in [4.69, 9.17) is 9.47 Å². The van der Waals surface area contributed by atoms with E-state index < -0.39 is 62.0 Å². The number of halogens is 6. The monoisotopic (exact) mass is 582 g/mol. The zero-order chi connectivity index (χ0) is 28.0. The Morgan fingerprint density at radius 2 is 1.58 bits per heavy atom. The summed E-state index contributed by atoms with van der Waals surface area (Å²) in [4.78, 5) is 17.8. The number of rotatable bonds is 5. The average molecular weight is 583 g/mol. The summed E-state index contributed by atoms with van der Waals surface area (Å²) >= 11 is 0.835. The molecule has 2 atom stereocenters. The smallest absolute Gasteiger partial charge is 0.416 e. The van der Waals surface area contributed by atoms with E-state index in [1.54, 1.807) is 12.1 Å². The third-order valence-electron chi connectivity index (χ3n) is 5.94. The van der Waals surface area contributed by atoms with Crippen LogP contribution in [0.5, 0.6) is 11.5 Å². The number of methoxy groups -OCH3 is 2. The first-order valence-corrected chi connectivity index (χ1v) is 13.6. The van der Waals surface area contributed by atoms with Gasteiger partial charge in [-0.25, -0.2) is 8.42 Å². The van der Waals surface area contributed by atoms with Gasteiger partial charge in [-0.1, -0.05) is 17.8 Å². The van der Waals surface area contributed by atoms with E-state index in [0.29, 0.717) is 29.2 Å². The molecule has 0 spiro atoms. The van der Waals surface area contributed by atoms with Crippen molar-refractivity contribution in [3.05, 3.63) is 53.1 Å². The summed E-state index contributed by atoms with van der Waals surface area (Å²) in [6.07, 6.45) is -10.5. The minimum atomic E-state index is -5.11. The first-order valence-electron chi connectivity index (χ1n) is 10.9. The van der Waals surface area contributed by atoms with Gasteiger partial charge in [0.1, 0.15) is 0 Å². The largest absolute Gasteiger partial charge is 0.493 e. The molecule has 0 radical (unpaired) electrons. The minimum Gasteiger partial charge on any atom is -0.493 e. The zero-order valence-electron chi connectivity index (χ0n) is 19.8. The SMILES string of the molecule is COc1ccc(CC(=O)N=C2S[C@H]3CS(=O)(=O)C[C@@H]3N2c2cc(C(F)(F)F)cc(C(F)(F)F)c2)cc1OC. The fourth-order valence-electron chi connectivity index (χ4n) is 4.26. The van der Waals surface area contributed by atoms with Gasteiger partial charge in [-0.3, -0.25) is 4.79 Å². The normalized spacial score (nSPS) is 22.0. The van der Waals surface area contributed by atoms with Gasteiger partial charge in [0.15, 0.2) is 26.5 Å². The molecule has 15 heteroatoms. The summed E-state index contributed by atoms with van der Waals surface area (Å²) in [5, 5.41) is -0.899. The number of benzene rings is 2. The second kappa shape index (κ2) is 9.98. The molecule has 2 heterocycles. The number of hydrogen-bond acceptors (Lipinski definition) is 6. The van der Waals surface area contributed by atoms with Crippen molar-refractivity contribution in [2.45, 2.75) is 30.1 Å². The number of amidine groups is 1. The van der Waals surface area contributed by atoms with Gasteiger partial charge >= 0.3 is 12.4 Å². The molecule has 0 aliphatic carbocycles. The Kier molecular flexibility index (Phi) is 7.38. The number of ether oxygens (including phenoxy) is 2. The van der Waals surface area contributed by atoms with E-state index in [9.17, 15) is 39.6 Å². The molecular weight excluding hydrogens is 562 g/mol. The van der Waals surface area contributed by atoms with Crippen molar-refractivity contribution >= 4 is 38.4 Å². The van der Waals surface area contributed by atoms with Crippen molar-refractivity contribution < 1.29 is 49.0 Å². The van der Waals surface area contributed by atoms with E-state index in [1.165, 1.54) is 20.3 Å². The summed E-state index contributed by atoms with van der Waals surface area (Å²) in [6.45, 7) is 0. The van der Waals surface area contributed by atoms with Crippen molar-refractivity contribution in [2.24, 2.45) is 4.99 Å². The van der Waals surface area contributed by atoms with Crippen LogP contribution in [0.4, 0.5) is 32.0 Å². The van der Waals surface area contributed by atoms with Gasteiger partial charge in [-0.15, -0.1) is 0 Å². The van der Waals surface area contributed by atoms with Crippen LogP contribution in [-0.4, -0.2) is 56.5 Å². The summed E-state index contributed by atoms with van der Waals surface area (Å²) in [5.74, 6) is -0.856. The highest BCUT2D eigenvalue weighted by atomic mass is 32.2. The number of alkyl halides is 6. The maximum Gasteiger partial charge on any atom is 0.416 e. The van der Waals surface area contributed by atoms with Gasteiger partial charge in [-0.2, -0.15) is 31.3 Å². The van der Waals surface area contributed by atoms with Gasteiger partial charge in [0.05, 0.1) is 49.3 Å². The molecule has 0 aromatic heterocycles. The van der Waals surface area contributed by atoms with Crippen LogP contribution in [-0.2, 0) is 33.4 Å². The number of fused-ring (bicyclic) bond motifs is 1. The molecule has 2 saturated heterocycles. The second-order valence-corrected chi connectivity index (χ2v) is 11.9. The molecule has 4 rings (SSSR count). The molecule has 0 bridgehead atoms. The van der Waals surface area contributed by atoms with Crippen LogP contribution >= 0.6 is 11.8 Å². The van der Waals surface area contributed by atoms with Crippen molar-refractivity contribution in [1.82, 2.24) is 0 Å². The second-order valence-electron chi connectivity index (χ2n) is 8.59. The highest BCUT2D eigenvalue weighted by Gasteiger charge is 2.50. The van der Waals surface area contributed by atoms with E-state index >= 15 is 0 Å². The summed E-state index contributed by atoms with van der Waals surface area (Å²) < 4.78 is 116. The van der Waals surface area contributed by atoms with Crippen LogP contribution in [0.3, 0.4) is 0 Å². The van der Waals surface area contributed by atoms with Gasteiger partial charge in [0.25, 0.3) is 5.91 Å². The van der Waals surface area contributed by atoms with Crippen LogP contribution in [0.25, 0.3) is 0 Å². The molecule has 1 amide bonds. The molecule has 7 nitrogen and oxygen atoms in total. The van der Waals surface area contributed by atoms with Gasteiger partial charge < -0.3 is 14.4 Å². The Hall–Kier alpha value is -2.94. The Morgan fingerprint density at radius 3 is 2.13 bits per heavy atom. The number of amides is 1. The molecule has 2 aromatic rings. The molecule has 0 N–H and O–H groups in total. The number of carbonyl (C=O) groups is 1. The minimum absolute atomic E-state index is 0.0192. The third kappa shape index (κ3) is 5.87. The lowest BCUT2D eigenvalue weighted by Gasteiger charge is -2.26. The lowest BCUT2D eigenvalue weighted by Crippen LogP contribution is -2.38. The van der Waals surface area contributed by atoms with E-state index in [2.05, 4.69) is 4.99 Å². The van der Waals surface area contributed by atoms with Gasteiger partial charge in [0.2, 0.25) is 0 Å². The first-order chi connectivity index (χ1) is 17.6. The number of sulfone groups is 1. The molecule has 2 fully saturated rings. The Morgan fingerprint density at radius 1 is 0.974 bits per heavy atom. The quantitative estimate of drug-likeness (QED) is 0.477.